The number of likely N-dealkylation sites (tertiary alicyclic amines) is 1. The van der Waals surface area contributed by atoms with Gasteiger partial charge in [-0.1, -0.05) is 17.7 Å². The van der Waals surface area contributed by atoms with E-state index in [0.29, 0.717) is 12.1 Å². The second-order valence-electron chi connectivity index (χ2n) is 9.04. The van der Waals surface area contributed by atoms with E-state index in [9.17, 15) is 31.1 Å². The molecule has 1 atom stereocenters. The maximum atomic E-state index is 15.3. The van der Waals surface area contributed by atoms with Gasteiger partial charge in [-0.25, -0.2) is 4.39 Å². The number of halogens is 8. The quantitative estimate of drug-likeness (QED) is 0.434. The molecule has 0 radical (unpaired) electrons. The van der Waals surface area contributed by atoms with E-state index in [4.69, 9.17) is 16.4 Å². The highest BCUT2D eigenvalue weighted by Crippen LogP contribution is 2.49. The molecule has 0 spiro atoms. The first-order valence-corrected chi connectivity index (χ1v) is 11.6. The molecule has 1 N–H and O–H groups in total. The zero-order valence-electron chi connectivity index (χ0n) is 19.5. The molecule has 3 aromatic rings. The maximum absolute atomic E-state index is 15.3. The fourth-order valence-electron chi connectivity index (χ4n) is 4.31. The van der Waals surface area contributed by atoms with Crippen LogP contribution in [0.4, 0.5) is 30.7 Å². The zero-order valence-corrected chi connectivity index (χ0v) is 20.3. The van der Waals surface area contributed by atoms with Gasteiger partial charge in [0, 0.05) is 29.7 Å². The average molecular weight is 576 g/mol. The molecule has 2 aliphatic rings. The lowest BCUT2D eigenvalue weighted by Gasteiger charge is -2.43. The third kappa shape index (κ3) is 4.82. The summed E-state index contributed by atoms with van der Waals surface area (Å²) in [4.78, 5) is 22.4. The van der Waals surface area contributed by atoms with Crippen LogP contribution in [0.2, 0.25) is 5.02 Å². The first kappa shape index (κ1) is 26.9. The number of hydroxylamine groups is 1. The minimum atomic E-state index is -5.17. The average Bonchev–Trinajstić information content (AvgIpc) is 3.52. The Bertz CT molecular complexity index is 1420. The van der Waals surface area contributed by atoms with Crippen molar-refractivity contribution >= 4 is 23.2 Å². The van der Waals surface area contributed by atoms with Crippen LogP contribution in [0.15, 0.2) is 61.1 Å². The van der Waals surface area contributed by atoms with Crippen LogP contribution in [0.1, 0.15) is 22.4 Å². The highest BCUT2D eigenvalue weighted by atomic mass is 35.5. The summed E-state index contributed by atoms with van der Waals surface area (Å²) in [5.74, 6) is -0.347. The number of amides is 1. The normalized spacial score (nSPS) is 20.8. The first-order chi connectivity index (χ1) is 18.2. The Hall–Kier alpha value is -3.65. The summed E-state index contributed by atoms with van der Waals surface area (Å²) in [6.07, 6.45) is -5.40. The van der Waals surface area contributed by atoms with Crippen molar-refractivity contribution in [1.82, 2.24) is 25.1 Å². The SMILES string of the molecule is O=C(Cn1cccn1)N1CC(F)(c2ccc(C3=CC(c4ccc(Cl)c(C(F)(F)F)c4)(C(F)(F)F)ON3)cn2)C1. The van der Waals surface area contributed by atoms with Crippen molar-refractivity contribution in [3.8, 4) is 0 Å². The number of hydrogen-bond acceptors (Lipinski definition) is 5. The molecule has 0 aliphatic carbocycles. The van der Waals surface area contributed by atoms with Gasteiger partial charge >= 0.3 is 12.4 Å². The topological polar surface area (TPSA) is 72.3 Å². The Labute approximate surface area is 220 Å². The number of rotatable bonds is 5. The molecule has 0 bridgehead atoms. The van der Waals surface area contributed by atoms with Gasteiger partial charge in [0.1, 0.15) is 6.54 Å². The van der Waals surface area contributed by atoms with Gasteiger partial charge in [-0.05, 0) is 36.4 Å². The predicted molar refractivity (Wildman–Crippen MR) is 122 cm³/mol. The predicted octanol–water partition coefficient (Wildman–Crippen LogP) is 4.99. The molecule has 1 unspecified atom stereocenters. The van der Waals surface area contributed by atoms with Crippen molar-refractivity contribution in [3.63, 3.8) is 0 Å². The van der Waals surface area contributed by atoms with Gasteiger partial charge in [-0.3, -0.25) is 24.8 Å². The number of nitrogens with zero attached hydrogens (tertiary/aromatic N) is 4. The second-order valence-corrected chi connectivity index (χ2v) is 9.45. The Morgan fingerprint density at radius 2 is 1.87 bits per heavy atom. The van der Waals surface area contributed by atoms with E-state index >= 15 is 4.39 Å². The molecule has 0 saturated carbocycles. The first-order valence-electron chi connectivity index (χ1n) is 11.2. The van der Waals surface area contributed by atoms with Crippen LogP contribution in [0.5, 0.6) is 0 Å². The number of carbonyl (C=O) groups excluding carboxylic acids is 1. The van der Waals surface area contributed by atoms with E-state index in [1.165, 1.54) is 27.9 Å². The number of aromatic nitrogens is 3. The molecule has 206 valence electrons. The van der Waals surface area contributed by atoms with Crippen LogP contribution in [-0.4, -0.2) is 44.8 Å². The third-order valence-electron chi connectivity index (χ3n) is 6.42. The summed E-state index contributed by atoms with van der Waals surface area (Å²) in [5, 5.41) is 3.15. The van der Waals surface area contributed by atoms with E-state index in [1.54, 1.807) is 12.3 Å². The van der Waals surface area contributed by atoms with Crippen molar-refractivity contribution in [2.45, 2.75) is 30.2 Å². The molecule has 39 heavy (non-hydrogen) atoms. The Morgan fingerprint density at radius 1 is 1.13 bits per heavy atom. The Balaban J connectivity index is 1.36. The zero-order chi connectivity index (χ0) is 28.2. The van der Waals surface area contributed by atoms with E-state index in [0.717, 1.165) is 12.3 Å². The lowest BCUT2D eigenvalue weighted by atomic mass is 9.89. The summed E-state index contributed by atoms with van der Waals surface area (Å²) in [6.45, 7) is -0.591. The third-order valence-corrected chi connectivity index (χ3v) is 6.75. The van der Waals surface area contributed by atoms with Gasteiger partial charge in [0.2, 0.25) is 11.5 Å². The summed E-state index contributed by atoms with van der Waals surface area (Å²) < 4.78 is 99.2. The number of nitrogens with one attached hydrogen (secondary N) is 1. The molecule has 1 aromatic carbocycles. The number of alkyl halides is 7. The fraction of sp³-hybridized carbons (Fsp3) is 0.292. The molecule has 5 rings (SSSR count). The minimum Gasteiger partial charge on any atom is -0.334 e. The van der Waals surface area contributed by atoms with Crippen molar-refractivity contribution in [2.24, 2.45) is 0 Å². The van der Waals surface area contributed by atoms with Crippen LogP contribution >= 0.6 is 11.6 Å². The van der Waals surface area contributed by atoms with Gasteiger partial charge in [-0.2, -0.15) is 31.4 Å². The summed E-state index contributed by atoms with van der Waals surface area (Å²) in [6, 6.07) is 5.96. The van der Waals surface area contributed by atoms with Crippen molar-refractivity contribution in [2.75, 3.05) is 13.1 Å². The summed E-state index contributed by atoms with van der Waals surface area (Å²) in [7, 11) is 0. The van der Waals surface area contributed by atoms with Crippen molar-refractivity contribution in [3.05, 3.63) is 88.5 Å². The second kappa shape index (κ2) is 9.23. The van der Waals surface area contributed by atoms with Gasteiger partial charge in [0.15, 0.2) is 5.67 Å². The molecular weight excluding hydrogens is 559 g/mol. The van der Waals surface area contributed by atoms with Crippen LogP contribution in [-0.2, 0) is 33.6 Å². The van der Waals surface area contributed by atoms with Gasteiger partial charge in [0.05, 0.1) is 35.1 Å². The van der Waals surface area contributed by atoms with E-state index in [-0.39, 0.29) is 48.6 Å². The largest absolute Gasteiger partial charge is 0.428 e. The highest BCUT2D eigenvalue weighted by Gasteiger charge is 2.60. The van der Waals surface area contributed by atoms with Crippen LogP contribution < -0.4 is 5.48 Å². The highest BCUT2D eigenvalue weighted by molar-refractivity contribution is 6.31. The molecule has 2 aliphatic heterocycles. The minimum absolute atomic E-state index is 0.0384. The Morgan fingerprint density at radius 3 is 2.46 bits per heavy atom. The lowest BCUT2D eigenvalue weighted by molar-refractivity contribution is -0.269. The number of benzene rings is 1. The fourth-order valence-corrected chi connectivity index (χ4v) is 4.53. The van der Waals surface area contributed by atoms with Crippen LogP contribution in [0, 0.1) is 0 Å². The monoisotopic (exact) mass is 575 g/mol. The maximum Gasteiger partial charge on any atom is 0.428 e. The summed E-state index contributed by atoms with van der Waals surface area (Å²) >= 11 is 5.56. The molecule has 1 saturated heterocycles. The smallest absolute Gasteiger partial charge is 0.334 e. The van der Waals surface area contributed by atoms with Crippen LogP contribution in [0.25, 0.3) is 5.70 Å². The number of hydrogen-bond donors (Lipinski definition) is 1. The molecule has 7 nitrogen and oxygen atoms in total. The molecular formula is C24H17ClF7N5O2. The van der Waals surface area contributed by atoms with Crippen LogP contribution in [0.3, 0.4) is 0 Å². The van der Waals surface area contributed by atoms with Crippen molar-refractivity contribution < 1.29 is 40.4 Å². The standard InChI is InChI=1S/C24H17ClF7N5O2/c25-17-4-3-15(8-16(17)23(27,28)29)22(24(30,31)32)9-18(35-39-22)14-2-5-19(33-10-14)21(26)12-36(13-21)20(38)11-37-7-1-6-34-37/h1-10,35H,11-13H2. The van der Waals surface area contributed by atoms with Gasteiger partial charge < -0.3 is 4.90 Å². The molecule has 1 fully saturated rings. The number of pyridine rings is 1. The number of carbonyl (C=O) groups is 1. The molecule has 4 heterocycles. The van der Waals surface area contributed by atoms with Crippen molar-refractivity contribution in [1.29, 1.82) is 0 Å². The summed E-state index contributed by atoms with van der Waals surface area (Å²) in [5.41, 5.74) is -5.65. The molecule has 15 heteroatoms. The molecule has 2 aromatic heterocycles. The van der Waals surface area contributed by atoms with Gasteiger partial charge in [0.25, 0.3) is 0 Å². The van der Waals surface area contributed by atoms with Gasteiger partial charge in [-0.15, -0.1) is 0 Å². The lowest BCUT2D eigenvalue weighted by Crippen LogP contribution is -2.59. The Kier molecular flexibility index (Phi) is 6.37. The van der Waals surface area contributed by atoms with E-state index in [1.807, 2.05) is 0 Å². The van der Waals surface area contributed by atoms with E-state index < -0.39 is 39.8 Å². The molecule has 1 amide bonds. The van der Waals surface area contributed by atoms with E-state index in [2.05, 4.69) is 15.6 Å².